The average molecular weight is 154 g/mol. The minimum Gasteiger partial charge on any atom is -0.478 e. The Balaban J connectivity index is 2.20. The summed E-state index contributed by atoms with van der Waals surface area (Å²) in [5.74, 6) is 0.302. The van der Waals surface area contributed by atoms with E-state index in [-0.39, 0.29) is 6.79 Å². The summed E-state index contributed by atoms with van der Waals surface area (Å²) in [6, 6.07) is 0. The van der Waals surface area contributed by atoms with Crippen molar-refractivity contribution in [3.05, 3.63) is 23.2 Å². The molecule has 1 N–H and O–H groups in total. The monoisotopic (exact) mass is 154 g/mol. The van der Waals surface area contributed by atoms with Crippen LogP contribution >= 0.6 is 0 Å². The molecule has 0 saturated heterocycles. The van der Waals surface area contributed by atoms with Gasteiger partial charge in [0, 0.05) is 12.0 Å². The Hall–Kier alpha value is -1.45. The Morgan fingerprint density at radius 2 is 2.36 bits per heavy atom. The highest BCUT2D eigenvalue weighted by molar-refractivity contribution is 5.88. The molecule has 0 bridgehead atoms. The molecule has 0 unspecified atom stereocenters. The maximum absolute atomic E-state index is 10.4. The van der Waals surface area contributed by atoms with Gasteiger partial charge in [0.15, 0.2) is 5.76 Å². The number of aliphatic carboxylic acids is 1. The van der Waals surface area contributed by atoms with E-state index in [0.717, 1.165) is 0 Å². The van der Waals surface area contributed by atoms with Gasteiger partial charge in [-0.1, -0.05) is 0 Å². The lowest BCUT2D eigenvalue weighted by Gasteiger charge is -1.98. The molecule has 0 aromatic heterocycles. The van der Waals surface area contributed by atoms with Gasteiger partial charge >= 0.3 is 5.97 Å². The molecule has 0 aromatic rings. The standard InChI is InChI=1S/C7H6O4/c8-7(9)4-1-5-6(2-4)11-3-10-5/h1H,2-3H2,(H,8,9). The fourth-order valence-corrected chi connectivity index (χ4v) is 1.10. The number of ether oxygens (including phenoxy) is 2. The van der Waals surface area contributed by atoms with Gasteiger partial charge in [-0.25, -0.2) is 4.79 Å². The number of carboxylic acid groups (broad SMARTS) is 1. The molecule has 4 heteroatoms. The lowest BCUT2D eigenvalue weighted by Crippen LogP contribution is -2.00. The molecule has 0 atom stereocenters. The van der Waals surface area contributed by atoms with Crippen molar-refractivity contribution in [1.29, 1.82) is 0 Å². The maximum Gasteiger partial charge on any atom is 0.332 e. The molecule has 1 aliphatic carbocycles. The Labute approximate surface area is 62.7 Å². The van der Waals surface area contributed by atoms with Crippen LogP contribution in [0.5, 0.6) is 0 Å². The minimum atomic E-state index is -0.911. The molecule has 0 aromatic carbocycles. The largest absolute Gasteiger partial charge is 0.478 e. The van der Waals surface area contributed by atoms with Gasteiger partial charge in [-0.2, -0.15) is 0 Å². The molecule has 0 fully saturated rings. The first kappa shape index (κ1) is 6.27. The fourth-order valence-electron chi connectivity index (χ4n) is 1.10. The predicted octanol–water partition coefficient (Wildman–Crippen LogP) is 0.617. The molecule has 4 nitrogen and oxygen atoms in total. The zero-order valence-corrected chi connectivity index (χ0v) is 5.66. The highest BCUT2D eigenvalue weighted by atomic mass is 16.7. The summed E-state index contributed by atoms with van der Waals surface area (Å²) in [5.41, 5.74) is 0.328. The third-order valence-electron chi connectivity index (χ3n) is 1.65. The first-order valence-corrected chi connectivity index (χ1v) is 3.20. The van der Waals surface area contributed by atoms with Crippen LogP contribution in [-0.4, -0.2) is 17.9 Å². The molecule has 2 aliphatic rings. The van der Waals surface area contributed by atoms with Gasteiger partial charge < -0.3 is 14.6 Å². The van der Waals surface area contributed by atoms with Crippen molar-refractivity contribution in [2.24, 2.45) is 0 Å². The van der Waals surface area contributed by atoms with Gasteiger partial charge in [0.05, 0.1) is 0 Å². The summed E-state index contributed by atoms with van der Waals surface area (Å²) in [6.07, 6.45) is 1.86. The number of carboxylic acids is 1. The van der Waals surface area contributed by atoms with E-state index >= 15 is 0 Å². The molecule has 58 valence electrons. The van der Waals surface area contributed by atoms with E-state index in [1.807, 2.05) is 0 Å². The number of hydrogen-bond acceptors (Lipinski definition) is 3. The second-order valence-corrected chi connectivity index (χ2v) is 2.35. The molecule has 0 spiro atoms. The van der Waals surface area contributed by atoms with E-state index in [9.17, 15) is 4.79 Å². The van der Waals surface area contributed by atoms with Crippen LogP contribution in [-0.2, 0) is 14.3 Å². The van der Waals surface area contributed by atoms with Crippen LogP contribution in [0, 0.1) is 0 Å². The Morgan fingerprint density at radius 3 is 3.00 bits per heavy atom. The van der Waals surface area contributed by atoms with Crippen LogP contribution in [0.2, 0.25) is 0 Å². The smallest absolute Gasteiger partial charge is 0.332 e. The molecule has 0 amide bonds. The molecule has 0 saturated carbocycles. The summed E-state index contributed by atoms with van der Waals surface area (Å²) in [7, 11) is 0. The summed E-state index contributed by atoms with van der Waals surface area (Å²) in [5, 5.41) is 8.56. The first-order valence-electron chi connectivity index (χ1n) is 3.20. The predicted molar refractivity (Wildman–Crippen MR) is 34.4 cm³/mol. The van der Waals surface area contributed by atoms with Crippen molar-refractivity contribution < 1.29 is 19.4 Å². The van der Waals surface area contributed by atoms with Crippen molar-refractivity contribution >= 4 is 5.97 Å². The molecule has 11 heavy (non-hydrogen) atoms. The van der Waals surface area contributed by atoms with E-state index in [0.29, 0.717) is 23.5 Å². The van der Waals surface area contributed by atoms with Crippen LogP contribution in [0.1, 0.15) is 6.42 Å². The number of hydrogen-bond donors (Lipinski definition) is 1. The Bertz CT molecular complexity index is 274. The molecule has 0 radical (unpaired) electrons. The lowest BCUT2D eigenvalue weighted by molar-refractivity contribution is -0.132. The van der Waals surface area contributed by atoms with Crippen molar-refractivity contribution in [3.63, 3.8) is 0 Å². The van der Waals surface area contributed by atoms with E-state index in [4.69, 9.17) is 14.6 Å². The van der Waals surface area contributed by atoms with Gasteiger partial charge in [0.1, 0.15) is 5.76 Å². The summed E-state index contributed by atoms with van der Waals surface area (Å²) >= 11 is 0. The third kappa shape index (κ3) is 0.869. The van der Waals surface area contributed by atoms with Gasteiger partial charge in [-0.05, 0) is 6.08 Å². The molecular formula is C7H6O4. The van der Waals surface area contributed by atoms with Crippen molar-refractivity contribution in [2.45, 2.75) is 6.42 Å². The first-order chi connectivity index (χ1) is 5.27. The fraction of sp³-hybridized carbons (Fsp3) is 0.286. The zero-order chi connectivity index (χ0) is 7.84. The Morgan fingerprint density at radius 1 is 1.55 bits per heavy atom. The maximum atomic E-state index is 10.4. The number of allylic oxidation sites excluding steroid dienone is 2. The third-order valence-corrected chi connectivity index (χ3v) is 1.65. The van der Waals surface area contributed by atoms with Crippen LogP contribution in [0.25, 0.3) is 0 Å². The summed E-state index contributed by atoms with van der Waals surface area (Å²) < 4.78 is 9.97. The summed E-state index contributed by atoms with van der Waals surface area (Å²) in [4.78, 5) is 10.4. The van der Waals surface area contributed by atoms with Gasteiger partial charge in [-0.15, -0.1) is 0 Å². The lowest BCUT2D eigenvalue weighted by atomic mass is 10.2. The van der Waals surface area contributed by atoms with Gasteiger partial charge in [0.25, 0.3) is 0 Å². The molecule has 1 aliphatic heterocycles. The molecule has 2 rings (SSSR count). The number of carbonyl (C=O) groups is 1. The zero-order valence-electron chi connectivity index (χ0n) is 5.66. The van der Waals surface area contributed by atoms with Crippen LogP contribution in [0.15, 0.2) is 23.2 Å². The van der Waals surface area contributed by atoms with Crippen LogP contribution in [0.4, 0.5) is 0 Å². The Kier molecular flexibility index (Phi) is 1.15. The quantitative estimate of drug-likeness (QED) is 0.601. The van der Waals surface area contributed by atoms with Gasteiger partial charge in [-0.3, -0.25) is 0 Å². The second kappa shape index (κ2) is 2.02. The molecule has 1 heterocycles. The summed E-state index contributed by atoms with van der Waals surface area (Å²) in [6.45, 7) is 0.216. The van der Waals surface area contributed by atoms with E-state index < -0.39 is 5.97 Å². The van der Waals surface area contributed by atoms with Crippen LogP contribution < -0.4 is 0 Å². The van der Waals surface area contributed by atoms with Crippen molar-refractivity contribution in [3.8, 4) is 0 Å². The van der Waals surface area contributed by atoms with Gasteiger partial charge in [0.2, 0.25) is 6.79 Å². The average Bonchev–Trinajstić information content (AvgIpc) is 2.40. The SMILES string of the molecule is O=C(O)C1=CC2=C(C1)OCO2. The van der Waals surface area contributed by atoms with Crippen molar-refractivity contribution in [1.82, 2.24) is 0 Å². The highest BCUT2D eigenvalue weighted by Crippen LogP contribution is 2.31. The van der Waals surface area contributed by atoms with E-state index in [1.54, 1.807) is 0 Å². The van der Waals surface area contributed by atoms with Crippen molar-refractivity contribution in [2.75, 3.05) is 6.79 Å². The van der Waals surface area contributed by atoms with E-state index in [1.165, 1.54) is 6.08 Å². The highest BCUT2D eigenvalue weighted by Gasteiger charge is 2.26. The van der Waals surface area contributed by atoms with E-state index in [2.05, 4.69) is 0 Å². The normalized spacial score (nSPS) is 20.5. The molecular weight excluding hydrogens is 148 g/mol. The van der Waals surface area contributed by atoms with Crippen LogP contribution in [0.3, 0.4) is 0 Å². The second-order valence-electron chi connectivity index (χ2n) is 2.35. The number of rotatable bonds is 1. The minimum absolute atomic E-state index is 0.216. The topological polar surface area (TPSA) is 55.8 Å².